The smallest absolute Gasteiger partial charge is 0.191 e. The molecule has 3 aromatic rings. The third kappa shape index (κ3) is 5.40. The second-order valence-electron chi connectivity index (χ2n) is 5.39. The Bertz CT molecular complexity index is 844. The van der Waals surface area contributed by atoms with Gasteiger partial charge >= 0.3 is 0 Å². The summed E-state index contributed by atoms with van der Waals surface area (Å²) in [6.07, 6.45) is 1.84. The highest BCUT2D eigenvalue weighted by Crippen LogP contribution is 2.15. The van der Waals surface area contributed by atoms with Crippen molar-refractivity contribution in [2.24, 2.45) is 4.99 Å². The van der Waals surface area contributed by atoms with E-state index in [1.807, 2.05) is 42.6 Å². The van der Waals surface area contributed by atoms with Gasteiger partial charge in [-0.25, -0.2) is 0 Å². The van der Waals surface area contributed by atoms with Gasteiger partial charge in [0.15, 0.2) is 5.96 Å². The first kappa shape index (κ1) is 19.7. The van der Waals surface area contributed by atoms with Crippen LogP contribution in [0, 0.1) is 0 Å². The molecule has 2 N–H and O–H groups in total. The molecule has 0 aliphatic carbocycles. The molecule has 0 aliphatic rings. The summed E-state index contributed by atoms with van der Waals surface area (Å²) in [7, 11) is 1.78. The highest BCUT2D eigenvalue weighted by Gasteiger charge is 2.03. The summed E-state index contributed by atoms with van der Waals surface area (Å²) in [5, 5.41) is 7.86. The Hall–Kier alpha value is -1.67. The van der Waals surface area contributed by atoms with E-state index >= 15 is 0 Å². The molecular formula is C19H20BrIN4. The molecular weight excluding hydrogens is 491 g/mol. The van der Waals surface area contributed by atoms with Gasteiger partial charge in [-0.2, -0.15) is 0 Å². The van der Waals surface area contributed by atoms with E-state index in [2.05, 4.69) is 54.7 Å². The first-order valence-corrected chi connectivity index (χ1v) is 8.57. The van der Waals surface area contributed by atoms with Crippen molar-refractivity contribution in [1.29, 1.82) is 0 Å². The molecule has 0 saturated carbocycles. The number of guanidine groups is 1. The zero-order valence-electron chi connectivity index (χ0n) is 13.9. The zero-order valence-corrected chi connectivity index (χ0v) is 17.8. The van der Waals surface area contributed by atoms with Gasteiger partial charge in [-0.05, 0) is 35.4 Å². The maximum absolute atomic E-state index is 4.39. The largest absolute Gasteiger partial charge is 0.352 e. The third-order valence-electron chi connectivity index (χ3n) is 3.78. The van der Waals surface area contributed by atoms with Crippen molar-refractivity contribution in [3.8, 4) is 0 Å². The van der Waals surface area contributed by atoms with Gasteiger partial charge in [0, 0.05) is 36.2 Å². The molecule has 0 spiro atoms. The third-order valence-corrected chi connectivity index (χ3v) is 4.31. The second-order valence-corrected chi connectivity index (χ2v) is 6.31. The Kier molecular flexibility index (Phi) is 7.64. The zero-order chi connectivity index (χ0) is 16.8. The highest BCUT2D eigenvalue weighted by molar-refractivity contribution is 14.0. The van der Waals surface area contributed by atoms with Crippen LogP contribution in [0.3, 0.4) is 0 Å². The van der Waals surface area contributed by atoms with E-state index in [0.717, 1.165) is 27.9 Å². The van der Waals surface area contributed by atoms with Crippen LogP contribution in [0.15, 0.2) is 70.3 Å². The second kappa shape index (κ2) is 9.72. The minimum absolute atomic E-state index is 0. The van der Waals surface area contributed by atoms with E-state index < -0.39 is 0 Å². The van der Waals surface area contributed by atoms with Crippen LogP contribution in [0.25, 0.3) is 10.9 Å². The average molecular weight is 511 g/mol. The number of benzene rings is 2. The molecule has 0 fully saturated rings. The molecule has 0 amide bonds. The summed E-state index contributed by atoms with van der Waals surface area (Å²) < 4.78 is 1.08. The Labute approximate surface area is 173 Å². The number of hydrogen-bond donors (Lipinski definition) is 2. The summed E-state index contributed by atoms with van der Waals surface area (Å²) in [6, 6.07) is 18.4. The predicted octanol–water partition coefficient (Wildman–Crippen LogP) is 4.48. The fourth-order valence-corrected chi connectivity index (χ4v) is 2.76. The van der Waals surface area contributed by atoms with Crippen molar-refractivity contribution in [1.82, 2.24) is 15.6 Å². The Morgan fingerprint density at radius 2 is 1.72 bits per heavy atom. The van der Waals surface area contributed by atoms with Crippen LogP contribution in [0.2, 0.25) is 0 Å². The van der Waals surface area contributed by atoms with E-state index in [-0.39, 0.29) is 24.0 Å². The lowest BCUT2D eigenvalue weighted by Gasteiger charge is -2.13. The van der Waals surface area contributed by atoms with E-state index in [9.17, 15) is 0 Å². The summed E-state index contributed by atoms with van der Waals surface area (Å²) in [4.78, 5) is 8.68. The summed E-state index contributed by atoms with van der Waals surface area (Å²) >= 11 is 3.45. The molecule has 3 rings (SSSR count). The topological polar surface area (TPSA) is 49.3 Å². The van der Waals surface area contributed by atoms with Gasteiger partial charge in [-0.1, -0.05) is 46.3 Å². The SMILES string of the molecule is CN=C(NCc1ccc(Br)cc1)NCc1ccnc2ccccc12.I. The van der Waals surface area contributed by atoms with E-state index in [4.69, 9.17) is 0 Å². The average Bonchev–Trinajstić information content (AvgIpc) is 2.63. The maximum Gasteiger partial charge on any atom is 0.191 e. The van der Waals surface area contributed by atoms with Gasteiger partial charge in [0.05, 0.1) is 5.52 Å². The van der Waals surface area contributed by atoms with Crippen LogP contribution in [0.5, 0.6) is 0 Å². The number of rotatable bonds is 4. The number of halogens is 2. The molecule has 2 aromatic carbocycles. The Morgan fingerprint density at radius 3 is 2.48 bits per heavy atom. The number of aliphatic imine (C=N–C) groups is 1. The molecule has 4 nitrogen and oxygen atoms in total. The molecule has 25 heavy (non-hydrogen) atoms. The van der Waals surface area contributed by atoms with Crippen LogP contribution in [0.4, 0.5) is 0 Å². The number of nitrogens with one attached hydrogen (secondary N) is 2. The van der Waals surface area contributed by atoms with Gasteiger partial charge in [0.2, 0.25) is 0 Å². The van der Waals surface area contributed by atoms with Crippen LogP contribution in [0.1, 0.15) is 11.1 Å². The lowest BCUT2D eigenvalue weighted by Crippen LogP contribution is -2.36. The van der Waals surface area contributed by atoms with Crippen molar-refractivity contribution >= 4 is 56.8 Å². The molecule has 1 heterocycles. The van der Waals surface area contributed by atoms with Gasteiger partial charge in [0.1, 0.15) is 0 Å². The molecule has 0 radical (unpaired) electrons. The lowest BCUT2D eigenvalue weighted by molar-refractivity contribution is 0.811. The predicted molar refractivity (Wildman–Crippen MR) is 118 cm³/mol. The molecule has 0 bridgehead atoms. The van der Waals surface area contributed by atoms with Crippen molar-refractivity contribution in [2.45, 2.75) is 13.1 Å². The number of para-hydroxylation sites is 1. The van der Waals surface area contributed by atoms with Crippen LogP contribution in [-0.4, -0.2) is 18.0 Å². The van der Waals surface area contributed by atoms with Crippen molar-refractivity contribution in [3.05, 3.63) is 76.4 Å². The van der Waals surface area contributed by atoms with E-state index in [0.29, 0.717) is 6.54 Å². The minimum atomic E-state index is 0. The van der Waals surface area contributed by atoms with E-state index in [1.54, 1.807) is 7.05 Å². The number of hydrogen-bond acceptors (Lipinski definition) is 2. The Balaban J connectivity index is 0.00000225. The number of nitrogens with zero attached hydrogens (tertiary/aromatic N) is 2. The van der Waals surface area contributed by atoms with Gasteiger partial charge in [-0.15, -0.1) is 24.0 Å². The number of fused-ring (bicyclic) bond motifs is 1. The monoisotopic (exact) mass is 510 g/mol. The van der Waals surface area contributed by atoms with Crippen molar-refractivity contribution in [2.75, 3.05) is 7.05 Å². The van der Waals surface area contributed by atoms with Crippen LogP contribution in [-0.2, 0) is 13.1 Å². The van der Waals surface area contributed by atoms with Crippen molar-refractivity contribution < 1.29 is 0 Å². The van der Waals surface area contributed by atoms with Crippen LogP contribution < -0.4 is 10.6 Å². The van der Waals surface area contributed by atoms with Crippen LogP contribution >= 0.6 is 39.9 Å². The quantitative estimate of drug-likeness (QED) is 0.309. The van der Waals surface area contributed by atoms with E-state index in [1.165, 1.54) is 11.1 Å². The lowest BCUT2D eigenvalue weighted by atomic mass is 10.1. The molecule has 0 saturated heterocycles. The molecule has 1 aromatic heterocycles. The summed E-state index contributed by atoms with van der Waals surface area (Å²) in [6.45, 7) is 1.42. The highest BCUT2D eigenvalue weighted by atomic mass is 127. The molecule has 0 aliphatic heterocycles. The first-order chi connectivity index (χ1) is 11.8. The molecule has 0 unspecified atom stereocenters. The Morgan fingerprint density at radius 1 is 1.00 bits per heavy atom. The fourth-order valence-electron chi connectivity index (χ4n) is 2.50. The van der Waals surface area contributed by atoms with Gasteiger partial charge in [0.25, 0.3) is 0 Å². The minimum Gasteiger partial charge on any atom is -0.352 e. The summed E-state index contributed by atoms with van der Waals surface area (Å²) in [5.74, 6) is 0.777. The van der Waals surface area contributed by atoms with Gasteiger partial charge < -0.3 is 10.6 Å². The standard InChI is InChI=1S/C19H19BrN4.HI/c1-21-19(23-12-14-6-8-16(20)9-7-14)24-13-15-10-11-22-18-5-3-2-4-17(15)18;/h2-11H,12-13H2,1H3,(H2,21,23,24);1H. The molecule has 0 atom stereocenters. The maximum atomic E-state index is 4.39. The van der Waals surface area contributed by atoms with Gasteiger partial charge in [-0.3, -0.25) is 9.98 Å². The first-order valence-electron chi connectivity index (χ1n) is 7.78. The molecule has 130 valence electrons. The normalized spacial score (nSPS) is 11.0. The van der Waals surface area contributed by atoms with Crippen molar-refractivity contribution in [3.63, 3.8) is 0 Å². The fraction of sp³-hybridized carbons (Fsp3) is 0.158. The summed E-state index contributed by atoms with van der Waals surface area (Å²) in [5.41, 5.74) is 3.41. The number of pyridine rings is 1. The number of aromatic nitrogens is 1. The molecule has 6 heteroatoms.